The Hall–Kier alpha value is -0.540. The van der Waals surface area contributed by atoms with Crippen molar-refractivity contribution in [2.45, 2.75) is 32.2 Å². The summed E-state index contributed by atoms with van der Waals surface area (Å²) in [6.07, 6.45) is 0. The van der Waals surface area contributed by atoms with Gasteiger partial charge in [0.1, 0.15) is 5.75 Å². The Kier molecular flexibility index (Phi) is 4.26. The molecule has 1 atom stereocenters. The number of carbonyl (C=O) groups is 1. The first-order valence-electron chi connectivity index (χ1n) is 5.31. The quantitative estimate of drug-likeness (QED) is 0.770. The fourth-order valence-corrected chi connectivity index (χ4v) is 2.35. The van der Waals surface area contributed by atoms with Crippen molar-refractivity contribution in [3.8, 4) is 5.75 Å². The van der Waals surface area contributed by atoms with E-state index < -0.39 is 9.93 Å². The van der Waals surface area contributed by atoms with Crippen LogP contribution in [-0.2, 0) is 4.79 Å². The van der Waals surface area contributed by atoms with E-state index in [2.05, 4.69) is 15.9 Å². The fourth-order valence-electron chi connectivity index (χ4n) is 1.44. The first-order chi connectivity index (χ1) is 7.63. The molecule has 0 aliphatic heterocycles. The number of benzene rings is 1. The monoisotopic (exact) mass is 318 g/mol. The van der Waals surface area contributed by atoms with Crippen molar-refractivity contribution in [3.63, 3.8) is 0 Å². The summed E-state index contributed by atoms with van der Waals surface area (Å²) in [6, 6.07) is 6.92. The van der Waals surface area contributed by atoms with Crippen molar-refractivity contribution in [1.29, 1.82) is 0 Å². The zero-order valence-corrected chi connectivity index (χ0v) is 12.7. The summed E-state index contributed by atoms with van der Waals surface area (Å²) in [5, 5.41) is 0.635. The van der Waals surface area contributed by atoms with Crippen LogP contribution in [0.2, 0.25) is 5.02 Å². The van der Waals surface area contributed by atoms with Crippen molar-refractivity contribution < 1.29 is 9.53 Å². The van der Waals surface area contributed by atoms with E-state index in [9.17, 15) is 4.79 Å². The number of carbonyl (C=O) groups excluding carboxylic acids is 1. The van der Waals surface area contributed by atoms with Crippen LogP contribution in [0.25, 0.3) is 0 Å². The molecule has 1 aromatic carbocycles. The average molecular weight is 320 g/mol. The molecule has 4 heteroatoms. The smallest absolute Gasteiger partial charge is 0.218 e. The highest BCUT2D eigenvalue weighted by atomic mass is 79.9. The number of ether oxygens (including phenoxy) is 1. The number of alkyl halides is 1. The number of Topliss-reactive ketones (excluding diaryl/α,β-unsaturated/α-hetero) is 1. The highest BCUT2D eigenvalue weighted by molar-refractivity contribution is 9.10. The first kappa shape index (κ1) is 14.5. The van der Waals surface area contributed by atoms with E-state index in [1.165, 1.54) is 0 Å². The van der Waals surface area contributed by atoms with E-state index in [4.69, 9.17) is 16.3 Å². The average Bonchev–Trinajstić information content (AvgIpc) is 2.19. The van der Waals surface area contributed by atoms with Gasteiger partial charge in [-0.1, -0.05) is 32.4 Å². The van der Waals surface area contributed by atoms with Crippen molar-refractivity contribution in [2.24, 2.45) is 5.41 Å². The van der Waals surface area contributed by atoms with Gasteiger partial charge < -0.3 is 4.74 Å². The predicted molar refractivity (Wildman–Crippen MR) is 73.9 cm³/mol. The molecule has 0 amide bonds. The van der Waals surface area contributed by atoms with Gasteiger partial charge in [0, 0.05) is 10.4 Å². The Morgan fingerprint density at radius 1 is 1.18 bits per heavy atom. The lowest BCUT2D eigenvalue weighted by molar-refractivity contribution is -0.134. The van der Waals surface area contributed by atoms with E-state index in [0.29, 0.717) is 10.8 Å². The summed E-state index contributed by atoms with van der Waals surface area (Å²) in [6.45, 7) is 7.29. The second-order valence-corrected chi connectivity index (χ2v) is 7.00. The molecule has 17 heavy (non-hydrogen) atoms. The Morgan fingerprint density at radius 2 is 1.65 bits per heavy atom. The summed E-state index contributed by atoms with van der Waals surface area (Å²) < 4.78 is 4.62. The van der Waals surface area contributed by atoms with E-state index in [-0.39, 0.29) is 5.78 Å². The van der Waals surface area contributed by atoms with Gasteiger partial charge in [-0.05, 0) is 47.1 Å². The highest BCUT2D eigenvalue weighted by Crippen LogP contribution is 2.32. The Balaban J connectivity index is 2.86. The van der Waals surface area contributed by atoms with Gasteiger partial charge in [-0.15, -0.1) is 0 Å². The Bertz CT molecular complexity index is 404. The molecule has 2 nitrogen and oxygen atoms in total. The summed E-state index contributed by atoms with van der Waals surface area (Å²) in [7, 11) is 0. The van der Waals surface area contributed by atoms with Crippen molar-refractivity contribution in [3.05, 3.63) is 29.3 Å². The Labute approximate surface area is 115 Å². The number of hydrogen-bond acceptors (Lipinski definition) is 2. The van der Waals surface area contributed by atoms with Gasteiger partial charge in [0.05, 0.1) is 0 Å². The third kappa shape index (κ3) is 4.00. The second-order valence-electron chi connectivity index (χ2n) is 5.05. The summed E-state index contributed by atoms with van der Waals surface area (Å²) in [5.41, 5.74) is -0.468. The van der Waals surface area contributed by atoms with Crippen LogP contribution in [0.15, 0.2) is 24.3 Å². The lowest BCUT2D eigenvalue weighted by Gasteiger charge is -2.29. The van der Waals surface area contributed by atoms with Crippen LogP contribution in [0.1, 0.15) is 27.7 Å². The van der Waals surface area contributed by atoms with Gasteiger partial charge in [-0.3, -0.25) is 4.79 Å². The maximum atomic E-state index is 12.2. The van der Waals surface area contributed by atoms with Gasteiger partial charge in [-0.25, -0.2) is 0 Å². The molecule has 0 spiro atoms. The van der Waals surface area contributed by atoms with Gasteiger partial charge >= 0.3 is 0 Å². The summed E-state index contributed by atoms with van der Waals surface area (Å²) in [4.78, 5) is 12.2. The van der Waals surface area contributed by atoms with Crippen molar-refractivity contribution in [2.75, 3.05) is 0 Å². The molecular weight excluding hydrogens is 303 g/mol. The van der Waals surface area contributed by atoms with Gasteiger partial charge in [0.25, 0.3) is 0 Å². The molecule has 1 rings (SSSR count). The maximum Gasteiger partial charge on any atom is 0.218 e. The van der Waals surface area contributed by atoms with Gasteiger partial charge in [0.15, 0.2) is 5.78 Å². The van der Waals surface area contributed by atoms with E-state index in [0.717, 1.165) is 0 Å². The molecule has 0 heterocycles. The minimum absolute atomic E-state index is 0.0139. The van der Waals surface area contributed by atoms with E-state index in [1.807, 2.05) is 20.8 Å². The zero-order valence-electron chi connectivity index (χ0n) is 10.4. The molecule has 0 aliphatic rings. The topological polar surface area (TPSA) is 26.3 Å². The minimum Gasteiger partial charge on any atom is -0.469 e. The van der Waals surface area contributed by atoms with Crippen LogP contribution in [-0.4, -0.2) is 10.3 Å². The SMILES string of the molecule is CC(C)(C)C(=O)C(C)(Br)Oc1ccc(Cl)cc1. The molecule has 0 aliphatic carbocycles. The van der Waals surface area contributed by atoms with Crippen LogP contribution in [0.5, 0.6) is 5.75 Å². The molecule has 94 valence electrons. The predicted octanol–water partition coefficient (Wildman–Crippen LogP) is 4.45. The molecular formula is C13H16BrClO2. The van der Waals surface area contributed by atoms with E-state index in [1.54, 1.807) is 31.2 Å². The normalized spacial score (nSPS) is 15.2. The zero-order chi connectivity index (χ0) is 13.3. The molecule has 0 aromatic heterocycles. The molecule has 0 fully saturated rings. The number of rotatable bonds is 3. The number of ketones is 1. The van der Waals surface area contributed by atoms with Crippen LogP contribution < -0.4 is 4.74 Å². The first-order valence-corrected chi connectivity index (χ1v) is 6.48. The molecule has 0 radical (unpaired) electrons. The Morgan fingerprint density at radius 3 is 2.06 bits per heavy atom. The standard InChI is InChI=1S/C13H16BrClO2/c1-12(2,3)11(16)13(4,14)17-10-7-5-9(15)6-8-10/h5-8H,1-4H3. The van der Waals surface area contributed by atoms with Gasteiger partial charge in [-0.2, -0.15) is 0 Å². The highest BCUT2D eigenvalue weighted by Gasteiger charge is 2.39. The minimum atomic E-state index is -1.03. The largest absolute Gasteiger partial charge is 0.469 e. The third-order valence-corrected chi connectivity index (χ3v) is 2.98. The molecule has 0 N–H and O–H groups in total. The lowest BCUT2D eigenvalue weighted by atomic mass is 9.88. The molecule has 1 unspecified atom stereocenters. The number of hydrogen-bond donors (Lipinski definition) is 0. The number of halogens is 2. The van der Waals surface area contributed by atoms with Crippen molar-refractivity contribution >= 4 is 33.3 Å². The van der Waals surface area contributed by atoms with Crippen LogP contribution >= 0.6 is 27.5 Å². The van der Waals surface area contributed by atoms with Crippen LogP contribution in [0, 0.1) is 5.41 Å². The van der Waals surface area contributed by atoms with E-state index >= 15 is 0 Å². The van der Waals surface area contributed by atoms with Crippen molar-refractivity contribution in [1.82, 2.24) is 0 Å². The van der Waals surface area contributed by atoms with Gasteiger partial charge in [0.2, 0.25) is 4.51 Å². The molecule has 1 aromatic rings. The molecule has 0 bridgehead atoms. The van der Waals surface area contributed by atoms with Crippen LogP contribution in [0.4, 0.5) is 0 Å². The second kappa shape index (κ2) is 4.99. The summed E-state index contributed by atoms with van der Waals surface area (Å²) >= 11 is 9.12. The van der Waals surface area contributed by atoms with Crippen LogP contribution in [0.3, 0.4) is 0 Å². The summed E-state index contributed by atoms with van der Waals surface area (Å²) in [5.74, 6) is 0.589. The maximum absolute atomic E-state index is 12.2. The lowest BCUT2D eigenvalue weighted by Crippen LogP contribution is -2.42. The molecule has 0 saturated heterocycles. The fraction of sp³-hybridized carbons (Fsp3) is 0.462. The molecule has 0 saturated carbocycles. The third-order valence-electron chi connectivity index (χ3n) is 2.21.